The van der Waals surface area contributed by atoms with Crippen molar-refractivity contribution >= 4 is 5.91 Å². The van der Waals surface area contributed by atoms with E-state index in [0.29, 0.717) is 11.9 Å². The maximum atomic E-state index is 11.6. The molecule has 1 unspecified atom stereocenters. The van der Waals surface area contributed by atoms with Crippen LogP contribution in [0.5, 0.6) is 0 Å². The number of carbonyl (C=O) groups is 1. The quantitative estimate of drug-likeness (QED) is 0.682. The van der Waals surface area contributed by atoms with Crippen LogP contribution in [0.25, 0.3) is 0 Å². The zero-order valence-electron chi connectivity index (χ0n) is 9.82. The molecule has 4 heteroatoms. The Morgan fingerprint density at radius 1 is 1.06 bits per heavy atom. The van der Waals surface area contributed by atoms with Gasteiger partial charge in [0.1, 0.15) is 0 Å². The van der Waals surface area contributed by atoms with Gasteiger partial charge in [0.2, 0.25) is 5.91 Å². The van der Waals surface area contributed by atoms with Crippen molar-refractivity contribution in [2.24, 2.45) is 0 Å². The van der Waals surface area contributed by atoms with Crippen molar-refractivity contribution in [2.45, 2.75) is 37.8 Å². The smallest absolute Gasteiger partial charge is 0.222 e. The minimum Gasteiger partial charge on any atom is -0.337 e. The third-order valence-corrected chi connectivity index (χ3v) is 4.35. The number of hydrogen-bond donors (Lipinski definition) is 1. The van der Waals surface area contributed by atoms with Crippen molar-refractivity contribution in [3.63, 3.8) is 0 Å². The lowest BCUT2D eigenvalue weighted by Gasteiger charge is -2.43. The van der Waals surface area contributed by atoms with Crippen LogP contribution in [0, 0.1) is 0 Å². The highest BCUT2D eigenvalue weighted by Gasteiger charge is 2.37. The molecule has 0 saturated carbocycles. The standard InChI is InChI=1S/C12H21N3O/c16-12-2-1-11-9-14(7-8-15(11)12)10-3-5-13-6-4-10/h10-11,13H,1-9H2. The first-order valence-electron chi connectivity index (χ1n) is 6.59. The Morgan fingerprint density at radius 3 is 2.69 bits per heavy atom. The first kappa shape index (κ1) is 10.5. The van der Waals surface area contributed by atoms with E-state index in [1.54, 1.807) is 0 Å². The van der Waals surface area contributed by atoms with E-state index in [2.05, 4.69) is 15.1 Å². The molecule has 3 aliphatic rings. The van der Waals surface area contributed by atoms with Crippen LogP contribution in [0.1, 0.15) is 25.7 Å². The van der Waals surface area contributed by atoms with Gasteiger partial charge in [-0.2, -0.15) is 0 Å². The van der Waals surface area contributed by atoms with Gasteiger partial charge in [-0.05, 0) is 32.4 Å². The summed E-state index contributed by atoms with van der Waals surface area (Å²) in [5.74, 6) is 0.384. The fourth-order valence-corrected chi connectivity index (χ4v) is 3.39. The fraction of sp³-hybridized carbons (Fsp3) is 0.917. The summed E-state index contributed by atoms with van der Waals surface area (Å²) in [5.41, 5.74) is 0. The highest BCUT2D eigenvalue weighted by molar-refractivity contribution is 5.78. The van der Waals surface area contributed by atoms with Gasteiger partial charge in [-0.15, -0.1) is 0 Å². The second kappa shape index (κ2) is 4.34. The molecular formula is C12H21N3O. The molecule has 3 heterocycles. The summed E-state index contributed by atoms with van der Waals surface area (Å²) in [5, 5.41) is 3.42. The molecule has 3 saturated heterocycles. The molecule has 4 nitrogen and oxygen atoms in total. The molecule has 16 heavy (non-hydrogen) atoms. The number of fused-ring (bicyclic) bond motifs is 1. The summed E-state index contributed by atoms with van der Waals surface area (Å²) in [6, 6.07) is 1.29. The molecule has 0 aromatic heterocycles. The van der Waals surface area contributed by atoms with Crippen molar-refractivity contribution in [1.29, 1.82) is 0 Å². The van der Waals surface area contributed by atoms with Gasteiger partial charge >= 0.3 is 0 Å². The topological polar surface area (TPSA) is 35.6 Å². The second-order valence-corrected chi connectivity index (χ2v) is 5.26. The van der Waals surface area contributed by atoms with Gasteiger partial charge in [0, 0.05) is 38.1 Å². The molecular weight excluding hydrogens is 202 g/mol. The molecule has 3 rings (SSSR count). The molecule has 0 aromatic carbocycles. The molecule has 0 spiro atoms. The van der Waals surface area contributed by atoms with Gasteiger partial charge in [-0.25, -0.2) is 0 Å². The number of carbonyl (C=O) groups excluding carboxylic acids is 1. The predicted octanol–water partition coefficient (Wildman–Crippen LogP) is 0.0450. The Balaban J connectivity index is 1.61. The van der Waals surface area contributed by atoms with E-state index in [4.69, 9.17) is 0 Å². The molecule has 90 valence electrons. The van der Waals surface area contributed by atoms with Crippen LogP contribution in [0.3, 0.4) is 0 Å². The minimum absolute atomic E-state index is 0.384. The Hall–Kier alpha value is -0.610. The van der Waals surface area contributed by atoms with Gasteiger partial charge in [-0.1, -0.05) is 0 Å². The molecule has 1 amide bonds. The number of hydrogen-bond acceptors (Lipinski definition) is 3. The largest absolute Gasteiger partial charge is 0.337 e. The number of nitrogens with one attached hydrogen (secondary N) is 1. The van der Waals surface area contributed by atoms with E-state index >= 15 is 0 Å². The molecule has 0 bridgehead atoms. The predicted molar refractivity (Wildman–Crippen MR) is 62.2 cm³/mol. The molecule has 3 fully saturated rings. The third kappa shape index (κ3) is 1.84. The van der Waals surface area contributed by atoms with Crippen molar-refractivity contribution in [2.75, 3.05) is 32.7 Å². The van der Waals surface area contributed by atoms with E-state index in [-0.39, 0.29) is 0 Å². The second-order valence-electron chi connectivity index (χ2n) is 5.26. The monoisotopic (exact) mass is 223 g/mol. The minimum atomic E-state index is 0.384. The molecule has 0 radical (unpaired) electrons. The zero-order chi connectivity index (χ0) is 11.0. The van der Waals surface area contributed by atoms with Crippen molar-refractivity contribution in [3.8, 4) is 0 Å². The molecule has 1 N–H and O–H groups in total. The van der Waals surface area contributed by atoms with E-state index < -0.39 is 0 Å². The van der Waals surface area contributed by atoms with Crippen LogP contribution in [0.2, 0.25) is 0 Å². The molecule has 0 aliphatic carbocycles. The lowest BCUT2D eigenvalue weighted by molar-refractivity contribution is -0.131. The van der Waals surface area contributed by atoms with Crippen LogP contribution >= 0.6 is 0 Å². The van der Waals surface area contributed by atoms with Gasteiger partial charge in [-0.3, -0.25) is 9.69 Å². The van der Waals surface area contributed by atoms with Gasteiger partial charge in [0.25, 0.3) is 0 Å². The third-order valence-electron chi connectivity index (χ3n) is 4.35. The van der Waals surface area contributed by atoms with Crippen LogP contribution in [0.15, 0.2) is 0 Å². The number of piperazine rings is 1. The summed E-state index contributed by atoms with van der Waals surface area (Å²) in [4.78, 5) is 16.3. The average molecular weight is 223 g/mol. The maximum absolute atomic E-state index is 11.6. The van der Waals surface area contributed by atoms with Crippen LogP contribution in [0.4, 0.5) is 0 Å². The van der Waals surface area contributed by atoms with Crippen LogP contribution < -0.4 is 5.32 Å². The summed E-state index contributed by atoms with van der Waals surface area (Å²) in [6.45, 7) is 5.50. The lowest BCUT2D eigenvalue weighted by atomic mass is 10.0. The van der Waals surface area contributed by atoms with Crippen molar-refractivity contribution in [1.82, 2.24) is 15.1 Å². The maximum Gasteiger partial charge on any atom is 0.222 e. The number of nitrogens with zero attached hydrogens (tertiary/aromatic N) is 2. The Morgan fingerprint density at radius 2 is 1.88 bits per heavy atom. The Bertz CT molecular complexity index is 275. The average Bonchev–Trinajstić information content (AvgIpc) is 2.72. The van der Waals surface area contributed by atoms with Crippen molar-refractivity contribution in [3.05, 3.63) is 0 Å². The summed E-state index contributed by atoms with van der Waals surface area (Å²) < 4.78 is 0. The molecule has 0 aromatic rings. The molecule has 3 aliphatic heterocycles. The number of amides is 1. The van der Waals surface area contributed by atoms with Crippen molar-refractivity contribution < 1.29 is 4.79 Å². The van der Waals surface area contributed by atoms with Gasteiger partial charge < -0.3 is 10.2 Å². The highest BCUT2D eigenvalue weighted by atomic mass is 16.2. The first-order chi connectivity index (χ1) is 7.84. The molecule has 1 atom stereocenters. The first-order valence-corrected chi connectivity index (χ1v) is 6.59. The highest BCUT2D eigenvalue weighted by Crippen LogP contribution is 2.25. The van der Waals surface area contributed by atoms with E-state index in [0.717, 1.165) is 51.6 Å². The van der Waals surface area contributed by atoms with E-state index in [9.17, 15) is 4.79 Å². The summed E-state index contributed by atoms with van der Waals surface area (Å²) in [6.07, 6.45) is 4.42. The van der Waals surface area contributed by atoms with Gasteiger partial charge in [0.15, 0.2) is 0 Å². The Labute approximate surface area is 97.0 Å². The summed E-state index contributed by atoms with van der Waals surface area (Å²) in [7, 11) is 0. The fourth-order valence-electron chi connectivity index (χ4n) is 3.39. The Kier molecular flexibility index (Phi) is 2.86. The normalized spacial score (nSPS) is 33.1. The van der Waals surface area contributed by atoms with E-state index in [1.165, 1.54) is 12.8 Å². The van der Waals surface area contributed by atoms with E-state index in [1.807, 2.05) is 0 Å². The van der Waals surface area contributed by atoms with Gasteiger partial charge in [0.05, 0.1) is 0 Å². The SMILES string of the molecule is O=C1CCC2CN(C3CCNCC3)CCN12. The van der Waals surface area contributed by atoms with Crippen LogP contribution in [-0.4, -0.2) is 60.5 Å². The lowest BCUT2D eigenvalue weighted by Crippen LogP contribution is -2.56. The number of piperidine rings is 1. The zero-order valence-corrected chi connectivity index (χ0v) is 9.82. The van der Waals surface area contributed by atoms with Crippen LogP contribution in [-0.2, 0) is 4.79 Å². The number of rotatable bonds is 1. The summed E-state index contributed by atoms with van der Waals surface area (Å²) >= 11 is 0.